The Hall–Kier alpha value is -1.01. The summed E-state index contributed by atoms with van der Waals surface area (Å²) in [5, 5.41) is 9.16. The van der Waals surface area contributed by atoms with Crippen LogP contribution in [0.5, 0.6) is 0 Å². The highest BCUT2D eigenvalue weighted by molar-refractivity contribution is 5.88. The van der Waals surface area contributed by atoms with Crippen LogP contribution in [-0.4, -0.2) is 23.8 Å². The van der Waals surface area contributed by atoms with Crippen molar-refractivity contribution in [3.8, 4) is 11.8 Å². The molecule has 0 aromatic heterocycles. The fourth-order valence-corrected chi connectivity index (χ4v) is 0.467. The van der Waals surface area contributed by atoms with Gasteiger partial charge in [0.1, 0.15) is 6.10 Å². The Morgan fingerprint density at radius 2 is 2.17 bits per heavy atom. The van der Waals surface area contributed by atoms with Gasteiger partial charge in [-0.15, -0.1) is 0 Å². The molecule has 0 spiro atoms. The molecule has 3 heteroatoms. The van der Waals surface area contributed by atoms with E-state index in [0.29, 0.717) is 6.61 Å². The zero-order chi connectivity index (χ0) is 9.56. The summed E-state index contributed by atoms with van der Waals surface area (Å²) in [6.45, 7) is 5.67. The highest BCUT2D eigenvalue weighted by atomic mass is 16.5. The highest BCUT2D eigenvalue weighted by Gasteiger charge is 2.04. The Bertz CT molecular complexity index is 198. The lowest BCUT2D eigenvalue weighted by Gasteiger charge is -2.04. The molecule has 0 radical (unpaired) electrons. The number of rotatable bonds is 2. The first-order valence-corrected chi connectivity index (χ1v) is 3.94. The molecule has 0 saturated carbocycles. The summed E-state index contributed by atoms with van der Waals surface area (Å²) < 4.78 is 4.55. The van der Waals surface area contributed by atoms with Gasteiger partial charge in [0.25, 0.3) is 0 Å². The largest absolute Gasteiger partial charge is 0.456 e. The van der Waals surface area contributed by atoms with Crippen molar-refractivity contribution < 1.29 is 14.6 Å². The van der Waals surface area contributed by atoms with Gasteiger partial charge in [-0.3, -0.25) is 0 Å². The van der Waals surface area contributed by atoms with Gasteiger partial charge in [-0.1, -0.05) is 19.8 Å². The number of aliphatic hydroxyl groups excluding tert-OH is 1. The van der Waals surface area contributed by atoms with Crippen molar-refractivity contribution in [1.82, 2.24) is 0 Å². The predicted octanol–water partition coefficient (Wildman–Crippen LogP) is 0.570. The second-order valence-corrected chi connectivity index (χ2v) is 2.68. The van der Waals surface area contributed by atoms with Crippen molar-refractivity contribution in [2.75, 3.05) is 6.61 Å². The van der Waals surface area contributed by atoms with E-state index in [1.807, 2.05) is 13.8 Å². The summed E-state index contributed by atoms with van der Waals surface area (Å²) >= 11 is 0. The van der Waals surface area contributed by atoms with Gasteiger partial charge < -0.3 is 9.84 Å². The Labute approximate surface area is 72.7 Å². The van der Waals surface area contributed by atoms with Gasteiger partial charge in [0.2, 0.25) is 0 Å². The second-order valence-electron chi connectivity index (χ2n) is 2.68. The van der Waals surface area contributed by atoms with Crippen LogP contribution in [0.2, 0.25) is 0 Å². The molecule has 0 heterocycles. The Morgan fingerprint density at radius 3 is 2.58 bits per heavy atom. The first-order valence-electron chi connectivity index (χ1n) is 3.94. The van der Waals surface area contributed by atoms with Crippen molar-refractivity contribution in [2.24, 2.45) is 5.92 Å². The van der Waals surface area contributed by atoms with Crippen LogP contribution >= 0.6 is 0 Å². The molecule has 0 bridgehead atoms. The number of hydrogen-bond acceptors (Lipinski definition) is 3. The molecule has 0 fully saturated rings. The minimum absolute atomic E-state index is 0.0342. The molecule has 1 N–H and O–H groups in total. The number of esters is 1. The molecule has 3 nitrogen and oxygen atoms in total. The van der Waals surface area contributed by atoms with Gasteiger partial charge in [0.05, 0.1) is 6.61 Å². The third kappa shape index (κ3) is 4.75. The number of aliphatic hydroxyl groups is 1. The van der Waals surface area contributed by atoms with E-state index in [1.165, 1.54) is 0 Å². The monoisotopic (exact) mass is 170 g/mol. The molecule has 0 aliphatic carbocycles. The zero-order valence-corrected chi connectivity index (χ0v) is 7.63. The minimum Gasteiger partial charge on any atom is -0.456 e. The summed E-state index contributed by atoms with van der Waals surface area (Å²) in [6, 6.07) is 0. The third-order valence-electron chi connectivity index (χ3n) is 1.23. The molecular formula is C9H14O3. The van der Waals surface area contributed by atoms with Crippen molar-refractivity contribution in [3.05, 3.63) is 0 Å². The van der Waals surface area contributed by atoms with E-state index in [1.54, 1.807) is 6.92 Å². The van der Waals surface area contributed by atoms with Crippen LogP contribution in [0.15, 0.2) is 0 Å². The Balaban J connectivity index is 3.93. The van der Waals surface area contributed by atoms with Crippen LogP contribution in [0.4, 0.5) is 0 Å². The number of ether oxygens (including phenoxy) is 1. The van der Waals surface area contributed by atoms with Crippen LogP contribution in [0.1, 0.15) is 20.8 Å². The third-order valence-corrected chi connectivity index (χ3v) is 1.23. The number of carbonyl (C=O) groups is 1. The van der Waals surface area contributed by atoms with Gasteiger partial charge in [0.15, 0.2) is 0 Å². The molecule has 68 valence electrons. The van der Waals surface area contributed by atoms with Gasteiger partial charge >= 0.3 is 5.97 Å². The molecule has 12 heavy (non-hydrogen) atoms. The lowest BCUT2D eigenvalue weighted by atomic mass is 10.1. The quantitative estimate of drug-likeness (QED) is 0.374. The summed E-state index contributed by atoms with van der Waals surface area (Å²) in [4.78, 5) is 10.7. The van der Waals surface area contributed by atoms with E-state index in [4.69, 9.17) is 5.11 Å². The Kier molecular flexibility index (Phi) is 5.14. The minimum atomic E-state index is -0.755. The van der Waals surface area contributed by atoms with Crippen molar-refractivity contribution in [1.29, 1.82) is 0 Å². The van der Waals surface area contributed by atoms with E-state index >= 15 is 0 Å². The van der Waals surface area contributed by atoms with Crippen LogP contribution in [-0.2, 0) is 9.53 Å². The summed E-state index contributed by atoms with van der Waals surface area (Å²) in [7, 11) is 0. The van der Waals surface area contributed by atoms with Gasteiger partial charge in [0, 0.05) is 5.92 Å². The summed E-state index contributed by atoms with van der Waals surface area (Å²) in [6.07, 6.45) is -0.755. The zero-order valence-electron chi connectivity index (χ0n) is 7.63. The van der Waals surface area contributed by atoms with Crippen molar-refractivity contribution >= 4 is 5.97 Å². The predicted molar refractivity (Wildman–Crippen MR) is 45.3 cm³/mol. The first-order chi connectivity index (χ1) is 5.57. The normalized spacial score (nSPS) is 11.8. The van der Waals surface area contributed by atoms with E-state index < -0.39 is 12.1 Å². The van der Waals surface area contributed by atoms with Gasteiger partial charge in [-0.05, 0) is 12.8 Å². The topological polar surface area (TPSA) is 46.5 Å². The highest BCUT2D eigenvalue weighted by Crippen LogP contribution is 1.97. The van der Waals surface area contributed by atoms with E-state index in [-0.39, 0.29) is 5.92 Å². The maximum absolute atomic E-state index is 10.7. The fraction of sp³-hybridized carbons (Fsp3) is 0.667. The molecule has 0 aromatic rings. The summed E-state index contributed by atoms with van der Waals surface area (Å²) in [5.41, 5.74) is 0. The van der Waals surface area contributed by atoms with E-state index in [9.17, 15) is 4.79 Å². The van der Waals surface area contributed by atoms with E-state index in [0.717, 1.165) is 0 Å². The van der Waals surface area contributed by atoms with Gasteiger partial charge in [-0.2, -0.15) is 0 Å². The molecule has 0 aliphatic heterocycles. The smallest absolute Gasteiger partial charge is 0.384 e. The molecule has 0 rings (SSSR count). The summed E-state index contributed by atoms with van der Waals surface area (Å²) in [5.74, 6) is 4.05. The van der Waals surface area contributed by atoms with Crippen molar-refractivity contribution in [2.45, 2.75) is 26.9 Å². The molecule has 0 aromatic carbocycles. The maximum Gasteiger partial charge on any atom is 0.384 e. The lowest BCUT2D eigenvalue weighted by molar-refractivity contribution is -0.136. The van der Waals surface area contributed by atoms with Gasteiger partial charge in [-0.25, -0.2) is 4.79 Å². The first kappa shape index (κ1) is 11.0. The lowest BCUT2D eigenvalue weighted by Crippen LogP contribution is -2.12. The second kappa shape index (κ2) is 5.62. The molecule has 1 unspecified atom stereocenters. The molecule has 0 amide bonds. The Morgan fingerprint density at radius 1 is 1.58 bits per heavy atom. The molecule has 0 saturated heterocycles. The number of carbonyl (C=O) groups excluding carboxylic acids is 1. The van der Waals surface area contributed by atoms with Crippen LogP contribution < -0.4 is 0 Å². The van der Waals surface area contributed by atoms with Crippen molar-refractivity contribution in [3.63, 3.8) is 0 Å². The average Bonchev–Trinajstić information content (AvgIpc) is 2.00. The molecular weight excluding hydrogens is 156 g/mol. The standard InChI is InChI=1S/C9H14O3/c1-4-12-9(11)6-5-8(10)7(2)3/h7-8,10H,4H2,1-3H3. The van der Waals surface area contributed by atoms with Crippen LogP contribution in [0.25, 0.3) is 0 Å². The molecule has 0 aliphatic rings. The van der Waals surface area contributed by atoms with Crippen LogP contribution in [0.3, 0.4) is 0 Å². The fourth-order valence-electron chi connectivity index (χ4n) is 0.467. The maximum atomic E-state index is 10.7. The van der Waals surface area contributed by atoms with Crippen LogP contribution in [0, 0.1) is 17.8 Å². The SMILES string of the molecule is CCOC(=O)C#CC(O)C(C)C. The number of hydrogen-bond donors (Lipinski definition) is 1. The molecule has 1 atom stereocenters. The van der Waals surface area contributed by atoms with E-state index in [2.05, 4.69) is 16.6 Å². The average molecular weight is 170 g/mol.